The van der Waals surface area contributed by atoms with Crippen molar-refractivity contribution in [3.63, 3.8) is 0 Å². The number of halogens is 2. The molecule has 8 heteroatoms. The molecule has 0 saturated carbocycles. The standard InChI is InChI=1S/C19H19F2NO5/c1-25-16-8-3-2-5-13(16)9-10-22-17(23)12-26-18(24)14-6-4-7-15(11-14)27-19(20)21/h2-8,11,19H,9-10,12H2,1H3,(H,22,23). The maximum atomic E-state index is 12.2. The van der Waals surface area contributed by atoms with Crippen molar-refractivity contribution < 1.29 is 32.6 Å². The minimum absolute atomic E-state index is 0.00923. The van der Waals surface area contributed by atoms with E-state index in [9.17, 15) is 18.4 Å². The highest BCUT2D eigenvalue weighted by Gasteiger charge is 2.12. The Bertz CT molecular complexity index is 782. The van der Waals surface area contributed by atoms with Gasteiger partial charge in [-0.1, -0.05) is 24.3 Å². The van der Waals surface area contributed by atoms with E-state index < -0.39 is 25.1 Å². The molecule has 2 aromatic rings. The summed E-state index contributed by atoms with van der Waals surface area (Å²) in [6.45, 7) is -3.13. The van der Waals surface area contributed by atoms with E-state index in [1.807, 2.05) is 24.3 Å². The Kier molecular flexibility index (Phi) is 7.54. The van der Waals surface area contributed by atoms with E-state index in [4.69, 9.17) is 9.47 Å². The smallest absolute Gasteiger partial charge is 0.387 e. The summed E-state index contributed by atoms with van der Waals surface area (Å²) in [4.78, 5) is 23.7. The zero-order valence-corrected chi connectivity index (χ0v) is 14.6. The molecule has 0 saturated heterocycles. The van der Waals surface area contributed by atoms with Gasteiger partial charge in [0.2, 0.25) is 0 Å². The van der Waals surface area contributed by atoms with Crippen LogP contribution >= 0.6 is 0 Å². The van der Waals surface area contributed by atoms with Crippen molar-refractivity contribution in [1.29, 1.82) is 0 Å². The Hall–Kier alpha value is -3.16. The number of hydrogen-bond acceptors (Lipinski definition) is 5. The van der Waals surface area contributed by atoms with Gasteiger partial charge in [-0.05, 0) is 36.2 Å². The van der Waals surface area contributed by atoms with Crippen molar-refractivity contribution in [3.8, 4) is 11.5 Å². The summed E-state index contributed by atoms with van der Waals surface area (Å²) in [5, 5.41) is 2.63. The summed E-state index contributed by atoms with van der Waals surface area (Å²) in [7, 11) is 1.57. The molecule has 2 rings (SSSR count). The second-order valence-corrected chi connectivity index (χ2v) is 5.39. The van der Waals surface area contributed by atoms with Crippen LogP contribution in [0, 0.1) is 0 Å². The fourth-order valence-corrected chi connectivity index (χ4v) is 2.31. The molecule has 1 amide bonds. The van der Waals surface area contributed by atoms with Crippen LogP contribution in [0.25, 0.3) is 0 Å². The summed E-state index contributed by atoms with van der Waals surface area (Å²) in [5.74, 6) is -0.724. The van der Waals surface area contributed by atoms with Crippen LogP contribution in [0.5, 0.6) is 11.5 Å². The lowest BCUT2D eigenvalue weighted by atomic mass is 10.1. The quantitative estimate of drug-likeness (QED) is 0.679. The molecular weight excluding hydrogens is 360 g/mol. The van der Waals surface area contributed by atoms with Gasteiger partial charge in [-0.25, -0.2) is 4.79 Å². The van der Waals surface area contributed by atoms with Gasteiger partial charge in [-0.15, -0.1) is 0 Å². The number of para-hydroxylation sites is 1. The number of alkyl halides is 2. The SMILES string of the molecule is COc1ccccc1CCNC(=O)COC(=O)c1cccc(OC(F)F)c1. The van der Waals surface area contributed by atoms with Gasteiger partial charge in [0, 0.05) is 6.54 Å². The van der Waals surface area contributed by atoms with Crippen molar-refractivity contribution in [2.75, 3.05) is 20.3 Å². The molecule has 0 atom stereocenters. The van der Waals surface area contributed by atoms with E-state index in [1.165, 1.54) is 18.2 Å². The lowest BCUT2D eigenvalue weighted by Gasteiger charge is -2.10. The van der Waals surface area contributed by atoms with Crippen molar-refractivity contribution in [1.82, 2.24) is 5.32 Å². The van der Waals surface area contributed by atoms with E-state index in [-0.39, 0.29) is 11.3 Å². The Labute approximate surface area is 155 Å². The van der Waals surface area contributed by atoms with Crippen molar-refractivity contribution >= 4 is 11.9 Å². The number of rotatable bonds is 9. The first-order chi connectivity index (χ1) is 13.0. The van der Waals surface area contributed by atoms with Gasteiger partial charge >= 0.3 is 12.6 Å². The second kappa shape index (κ2) is 10.1. The van der Waals surface area contributed by atoms with Crippen LogP contribution in [0.2, 0.25) is 0 Å². The van der Waals surface area contributed by atoms with Gasteiger partial charge in [-0.2, -0.15) is 8.78 Å². The summed E-state index contributed by atoms with van der Waals surface area (Å²) in [5.41, 5.74) is 0.947. The van der Waals surface area contributed by atoms with E-state index in [0.717, 1.165) is 17.4 Å². The van der Waals surface area contributed by atoms with Crippen molar-refractivity contribution in [2.24, 2.45) is 0 Å². The van der Waals surface area contributed by atoms with Gasteiger partial charge < -0.3 is 19.5 Å². The van der Waals surface area contributed by atoms with Crippen LogP contribution in [0.15, 0.2) is 48.5 Å². The lowest BCUT2D eigenvalue weighted by Crippen LogP contribution is -2.30. The molecular formula is C19H19F2NO5. The number of hydrogen-bond donors (Lipinski definition) is 1. The fraction of sp³-hybridized carbons (Fsp3) is 0.263. The minimum Gasteiger partial charge on any atom is -0.496 e. The predicted molar refractivity (Wildman–Crippen MR) is 93.1 cm³/mol. The minimum atomic E-state index is -3.00. The number of carbonyl (C=O) groups is 2. The summed E-state index contributed by atoms with van der Waals surface area (Å²) in [6.07, 6.45) is 0.552. The van der Waals surface area contributed by atoms with Crippen LogP contribution in [-0.2, 0) is 16.0 Å². The number of amides is 1. The molecule has 0 bridgehead atoms. The van der Waals surface area contributed by atoms with Crippen LogP contribution < -0.4 is 14.8 Å². The molecule has 27 heavy (non-hydrogen) atoms. The topological polar surface area (TPSA) is 73.9 Å². The Morgan fingerprint density at radius 2 is 1.89 bits per heavy atom. The van der Waals surface area contributed by atoms with Crippen molar-refractivity contribution in [3.05, 3.63) is 59.7 Å². The van der Waals surface area contributed by atoms with E-state index in [2.05, 4.69) is 10.1 Å². The van der Waals surface area contributed by atoms with Gasteiger partial charge in [0.25, 0.3) is 5.91 Å². The molecule has 1 N–H and O–H groups in total. The molecule has 0 aliphatic rings. The number of methoxy groups -OCH3 is 1. The van der Waals surface area contributed by atoms with E-state index >= 15 is 0 Å². The average Bonchev–Trinajstić information content (AvgIpc) is 2.66. The third-order valence-corrected chi connectivity index (χ3v) is 3.54. The first-order valence-electron chi connectivity index (χ1n) is 8.10. The van der Waals surface area contributed by atoms with Crippen molar-refractivity contribution in [2.45, 2.75) is 13.0 Å². The Morgan fingerprint density at radius 3 is 2.63 bits per heavy atom. The first-order valence-corrected chi connectivity index (χ1v) is 8.10. The second-order valence-electron chi connectivity index (χ2n) is 5.39. The third-order valence-electron chi connectivity index (χ3n) is 3.54. The molecule has 0 spiro atoms. The normalized spacial score (nSPS) is 10.4. The maximum Gasteiger partial charge on any atom is 0.387 e. The molecule has 0 fully saturated rings. The zero-order chi connectivity index (χ0) is 19.6. The van der Waals surface area contributed by atoms with Gasteiger partial charge in [0.15, 0.2) is 6.61 Å². The average molecular weight is 379 g/mol. The van der Waals surface area contributed by atoms with Gasteiger partial charge in [0.1, 0.15) is 11.5 Å². The first kappa shape index (κ1) is 20.2. The van der Waals surface area contributed by atoms with Crippen LogP contribution in [0.4, 0.5) is 8.78 Å². The number of esters is 1. The largest absolute Gasteiger partial charge is 0.496 e. The monoisotopic (exact) mass is 379 g/mol. The van der Waals surface area contributed by atoms with E-state index in [0.29, 0.717) is 13.0 Å². The van der Waals surface area contributed by atoms with Gasteiger partial charge in [-0.3, -0.25) is 4.79 Å². The van der Waals surface area contributed by atoms with Crippen LogP contribution in [0.1, 0.15) is 15.9 Å². The molecule has 0 aromatic heterocycles. The fourth-order valence-electron chi connectivity index (χ4n) is 2.31. The van der Waals surface area contributed by atoms with Gasteiger partial charge in [0.05, 0.1) is 12.7 Å². The van der Waals surface area contributed by atoms with E-state index in [1.54, 1.807) is 7.11 Å². The molecule has 0 aliphatic heterocycles. The molecule has 6 nitrogen and oxygen atoms in total. The highest BCUT2D eigenvalue weighted by molar-refractivity contribution is 5.91. The summed E-state index contributed by atoms with van der Waals surface area (Å²) in [6, 6.07) is 12.6. The highest BCUT2D eigenvalue weighted by Crippen LogP contribution is 2.17. The van der Waals surface area contributed by atoms with Crippen LogP contribution in [0.3, 0.4) is 0 Å². The molecule has 0 aliphatic carbocycles. The molecule has 0 radical (unpaired) electrons. The molecule has 0 heterocycles. The molecule has 144 valence electrons. The number of nitrogens with one attached hydrogen (secondary N) is 1. The van der Waals surface area contributed by atoms with Crippen LogP contribution in [-0.4, -0.2) is 38.7 Å². The highest BCUT2D eigenvalue weighted by atomic mass is 19.3. The Morgan fingerprint density at radius 1 is 1.11 bits per heavy atom. The lowest BCUT2D eigenvalue weighted by molar-refractivity contribution is -0.124. The number of ether oxygens (including phenoxy) is 3. The zero-order valence-electron chi connectivity index (χ0n) is 14.6. The summed E-state index contributed by atoms with van der Waals surface area (Å²) < 4.78 is 38.7. The molecule has 0 unspecified atom stereocenters. The predicted octanol–water partition coefficient (Wildman–Crippen LogP) is 2.81. The maximum absolute atomic E-state index is 12.2. The third kappa shape index (κ3) is 6.58. The number of benzene rings is 2. The Balaban J connectivity index is 1.77. The summed E-state index contributed by atoms with van der Waals surface area (Å²) >= 11 is 0. The molecule has 2 aromatic carbocycles. The number of carbonyl (C=O) groups excluding carboxylic acids is 2.